The summed E-state index contributed by atoms with van der Waals surface area (Å²) in [4.78, 5) is 10.3. The molecule has 0 N–H and O–H groups in total. The molecule has 0 saturated carbocycles. The predicted octanol–water partition coefficient (Wildman–Crippen LogP) is 0.622. The molecule has 1 heterocycles. The van der Waals surface area contributed by atoms with Crippen molar-refractivity contribution in [3.8, 4) is 12.3 Å². The van der Waals surface area contributed by atoms with Crippen LogP contribution in [0.25, 0.3) is 0 Å². The van der Waals surface area contributed by atoms with Gasteiger partial charge in [0.15, 0.2) is 0 Å². The number of halogens is 1. The van der Waals surface area contributed by atoms with Gasteiger partial charge in [-0.1, -0.05) is 0 Å². The van der Waals surface area contributed by atoms with Gasteiger partial charge in [0.05, 0.1) is 6.42 Å². The Balaban J connectivity index is 2.68. The van der Waals surface area contributed by atoms with Crippen molar-refractivity contribution in [3.05, 3.63) is 0 Å². The van der Waals surface area contributed by atoms with Gasteiger partial charge in [0.25, 0.3) is 0 Å². The van der Waals surface area contributed by atoms with E-state index in [1.54, 1.807) is 5.92 Å². The summed E-state index contributed by atoms with van der Waals surface area (Å²) in [6.07, 6.45) is 4.80. The Morgan fingerprint density at radius 3 is 2.78 bits per heavy atom. The Bertz CT molecular complexity index is 182. The second-order valence-corrected chi connectivity index (χ2v) is 1.85. The maximum atomic E-state index is 12.6. The number of carbonyl (C=O) groups excluding carboxylic acids is 1. The average Bonchev–Trinajstić information content (AvgIpc) is 2.13. The number of alkyl halides is 1. The summed E-state index contributed by atoms with van der Waals surface area (Å²) in [5.41, 5.74) is 0. The quantitative estimate of drug-likeness (QED) is 0.353. The molecule has 0 amide bonds. The number of hydrogen-bond donors (Lipinski definition) is 0. The number of ether oxygens (including phenoxy) is 1. The van der Waals surface area contributed by atoms with Crippen LogP contribution in [0.5, 0.6) is 0 Å². The Morgan fingerprint density at radius 1 is 1.89 bits per heavy atom. The van der Waals surface area contributed by atoms with Crippen LogP contribution in [0.4, 0.5) is 4.39 Å². The van der Waals surface area contributed by atoms with Gasteiger partial charge < -0.3 is 4.74 Å². The van der Waals surface area contributed by atoms with Gasteiger partial charge in [-0.15, -0.1) is 6.42 Å². The molecule has 0 aromatic heterocycles. The van der Waals surface area contributed by atoms with E-state index in [-0.39, 0.29) is 12.8 Å². The molecule has 1 aliphatic rings. The highest BCUT2D eigenvalue weighted by Gasteiger charge is 2.38. The van der Waals surface area contributed by atoms with Gasteiger partial charge in [0, 0.05) is 6.42 Å². The monoisotopic (exact) mass is 128 g/mol. The molecular formula is C6H5FO2. The zero-order valence-electron chi connectivity index (χ0n) is 4.69. The van der Waals surface area contributed by atoms with E-state index >= 15 is 0 Å². The largest absolute Gasteiger partial charge is 0.417 e. The molecule has 1 unspecified atom stereocenters. The van der Waals surface area contributed by atoms with E-state index in [4.69, 9.17) is 6.42 Å². The molecule has 48 valence electrons. The van der Waals surface area contributed by atoms with Crippen LogP contribution in [0.2, 0.25) is 0 Å². The molecule has 1 rings (SSSR count). The zero-order chi connectivity index (χ0) is 6.91. The van der Waals surface area contributed by atoms with Gasteiger partial charge in [-0.05, 0) is 5.92 Å². The number of terminal acetylenes is 1. The van der Waals surface area contributed by atoms with Gasteiger partial charge in [0.1, 0.15) is 0 Å². The molecule has 3 heteroatoms. The number of rotatable bonds is 0. The van der Waals surface area contributed by atoms with Crippen molar-refractivity contribution in [2.45, 2.75) is 18.7 Å². The third kappa shape index (κ3) is 1.02. The van der Waals surface area contributed by atoms with Crippen molar-refractivity contribution in [2.75, 3.05) is 0 Å². The molecule has 1 aliphatic heterocycles. The molecule has 0 spiro atoms. The van der Waals surface area contributed by atoms with Crippen LogP contribution in [0.3, 0.4) is 0 Å². The van der Waals surface area contributed by atoms with Crippen LogP contribution in [0.15, 0.2) is 0 Å². The lowest BCUT2D eigenvalue weighted by molar-refractivity contribution is -0.154. The van der Waals surface area contributed by atoms with Crippen LogP contribution >= 0.6 is 0 Å². The maximum Gasteiger partial charge on any atom is 0.314 e. The molecular weight excluding hydrogens is 123 g/mol. The normalized spacial score (nSPS) is 33.6. The fourth-order valence-corrected chi connectivity index (χ4v) is 0.647. The van der Waals surface area contributed by atoms with Crippen molar-refractivity contribution < 1.29 is 13.9 Å². The SMILES string of the molecule is C#CC1(F)CCC(=O)O1. The summed E-state index contributed by atoms with van der Waals surface area (Å²) >= 11 is 0. The lowest BCUT2D eigenvalue weighted by Gasteiger charge is -2.07. The van der Waals surface area contributed by atoms with Gasteiger partial charge in [-0.2, -0.15) is 4.39 Å². The minimum absolute atomic E-state index is 0.0116. The highest BCUT2D eigenvalue weighted by Crippen LogP contribution is 2.26. The number of cyclic esters (lactones) is 1. The lowest BCUT2D eigenvalue weighted by Crippen LogP contribution is -2.18. The molecule has 0 aliphatic carbocycles. The van der Waals surface area contributed by atoms with E-state index in [2.05, 4.69) is 4.74 Å². The van der Waals surface area contributed by atoms with Crippen molar-refractivity contribution in [3.63, 3.8) is 0 Å². The molecule has 9 heavy (non-hydrogen) atoms. The molecule has 0 bridgehead atoms. The fourth-order valence-electron chi connectivity index (χ4n) is 0.647. The van der Waals surface area contributed by atoms with Crippen molar-refractivity contribution in [2.24, 2.45) is 0 Å². The standard InChI is InChI=1S/C6H5FO2/c1-2-6(7)4-3-5(8)9-6/h1H,3-4H2. The lowest BCUT2D eigenvalue weighted by atomic mass is 10.2. The Labute approximate surface area is 52.0 Å². The molecule has 0 radical (unpaired) electrons. The van der Waals surface area contributed by atoms with Crippen molar-refractivity contribution in [1.29, 1.82) is 0 Å². The third-order valence-electron chi connectivity index (χ3n) is 1.14. The minimum atomic E-state index is -2.11. The molecule has 1 saturated heterocycles. The van der Waals surface area contributed by atoms with Crippen LogP contribution in [0, 0.1) is 12.3 Å². The molecule has 2 nitrogen and oxygen atoms in total. The first-order valence-corrected chi connectivity index (χ1v) is 2.55. The summed E-state index contributed by atoms with van der Waals surface area (Å²) in [5, 5.41) is 0. The van der Waals surface area contributed by atoms with Gasteiger partial charge >= 0.3 is 11.8 Å². The van der Waals surface area contributed by atoms with E-state index < -0.39 is 11.8 Å². The maximum absolute atomic E-state index is 12.6. The van der Waals surface area contributed by atoms with Crippen LogP contribution in [0.1, 0.15) is 12.8 Å². The second kappa shape index (κ2) is 1.73. The molecule has 0 aromatic carbocycles. The first-order chi connectivity index (χ1) is 4.16. The summed E-state index contributed by atoms with van der Waals surface area (Å²) in [6.45, 7) is 0. The fraction of sp³-hybridized carbons (Fsp3) is 0.500. The molecule has 1 fully saturated rings. The second-order valence-electron chi connectivity index (χ2n) is 1.85. The smallest absolute Gasteiger partial charge is 0.314 e. The molecule has 1 atom stereocenters. The van der Waals surface area contributed by atoms with Crippen LogP contribution < -0.4 is 0 Å². The van der Waals surface area contributed by atoms with Crippen LogP contribution in [-0.2, 0) is 9.53 Å². The topological polar surface area (TPSA) is 26.3 Å². The van der Waals surface area contributed by atoms with Gasteiger partial charge in [0.2, 0.25) is 0 Å². The van der Waals surface area contributed by atoms with E-state index in [1.165, 1.54) is 0 Å². The van der Waals surface area contributed by atoms with Crippen LogP contribution in [-0.4, -0.2) is 11.8 Å². The third-order valence-corrected chi connectivity index (χ3v) is 1.14. The first kappa shape index (κ1) is 6.09. The van der Waals surface area contributed by atoms with Crippen molar-refractivity contribution >= 4 is 5.97 Å². The average molecular weight is 128 g/mol. The Morgan fingerprint density at radius 2 is 2.56 bits per heavy atom. The Kier molecular flexibility index (Phi) is 1.17. The molecule has 0 aromatic rings. The summed E-state index contributed by atoms with van der Waals surface area (Å²) < 4.78 is 16.8. The minimum Gasteiger partial charge on any atom is -0.417 e. The summed E-state index contributed by atoms with van der Waals surface area (Å²) in [6, 6.07) is 0. The van der Waals surface area contributed by atoms with Gasteiger partial charge in [-0.3, -0.25) is 4.79 Å². The first-order valence-electron chi connectivity index (χ1n) is 2.55. The summed E-state index contributed by atoms with van der Waals surface area (Å²) in [7, 11) is 0. The summed E-state index contributed by atoms with van der Waals surface area (Å²) in [5.74, 6) is -0.913. The number of esters is 1. The van der Waals surface area contributed by atoms with E-state index in [0.29, 0.717) is 0 Å². The van der Waals surface area contributed by atoms with E-state index in [0.717, 1.165) is 0 Å². The highest BCUT2D eigenvalue weighted by molar-refractivity contribution is 5.72. The van der Waals surface area contributed by atoms with Crippen molar-refractivity contribution in [1.82, 2.24) is 0 Å². The number of carbonyl (C=O) groups is 1. The number of hydrogen-bond acceptors (Lipinski definition) is 2. The van der Waals surface area contributed by atoms with Gasteiger partial charge in [-0.25, -0.2) is 0 Å². The van der Waals surface area contributed by atoms with E-state index in [9.17, 15) is 9.18 Å². The zero-order valence-corrected chi connectivity index (χ0v) is 4.69. The highest BCUT2D eigenvalue weighted by atomic mass is 19.2. The van der Waals surface area contributed by atoms with E-state index in [1.807, 2.05) is 0 Å². The predicted molar refractivity (Wildman–Crippen MR) is 28.0 cm³/mol. The Hall–Kier alpha value is -1.04.